The molecule has 538 valence electrons. The minimum atomic E-state index is -0.216. The van der Waals surface area contributed by atoms with Gasteiger partial charge in [0.1, 0.15) is 44.7 Å². The van der Waals surface area contributed by atoms with E-state index >= 15 is 0 Å². The molecule has 23 rings (SSSR count). The summed E-state index contributed by atoms with van der Waals surface area (Å²) in [5, 5.41) is 8.19. The van der Waals surface area contributed by atoms with E-state index in [0.29, 0.717) is 34.9 Å². The van der Waals surface area contributed by atoms with E-state index in [9.17, 15) is 0 Å². The molecule has 0 amide bonds. The summed E-state index contributed by atoms with van der Waals surface area (Å²) in [7, 11) is 0. The van der Waals surface area contributed by atoms with Gasteiger partial charge in [0.25, 0.3) is 0 Å². The first-order valence-corrected chi connectivity index (χ1v) is 38.7. The largest absolute Gasteiger partial charge is 0.456 e. The smallest absolute Gasteiger partial charge is 0.164 e. The lowest BCUT2D eigenvalue weighted by Crippen LogP contribution is -2.15. The van der Waals surface area contributed by atoms with Crippen LogP contribution in [-0.2, 0) is 5.41 Å². The van der Waals surface area contributed by atoms with Gasteiger partial charge in [-0.3, -0.25) is 0 Å². The lowest BCUT2D eigenvalue weighted by Gasteiger charge is -2.21. The normalized spacial score (nSPS) is 12.5. The summed E-state index contributed by atoms with van der Waals surface area (Å²) >= 11 is 0. The third-order valence-electron chi connectivity index (χ3n) is 23.1. The average molecular weight is 1470 g/mol. The standard InChI is InChI=1S/C105H64N6O4/c1-105(2)89-30-15-12-27-79(89)80-40-34-72(59-90(80)105)102-107-100(63-23-10-5-11-24-63)109-104(111-102)78-51-73(66-36-43-93-84(55-66)81-28-13-16-31-91(81)112-93)48-75(52-78)68-38-45-95-86(57-68)83-41-33-70(60-98(83)115-95)65-35-42-96-87(54-65)88-58-69(39-46-97(88)114-96)76-49-74(67-37-44-94-85(56-67)82-29-14-17-32-92(82)113-94)50-77(53-76)103-108-99(62-21-8-4-9-22-62)106-101(110-103)71-26-18-25-64(47-71)61-19-6-3-7-20-61/h3-60H,1-2H3. The van der Waals surface area contributed by atoms with Gasteiger partial charge >= 0.3 is 0 Å². The molecule has 0 aliphatic heterocycles. The number of fused-ring (bicyclic) bond motifs is 15. The van der Waals surface area contributed by atoms with Crippen molar-refractivity contribution in [3.05, 3.63) is 363 Å². The molecule has 1 aliphatic rings. The predicted molar refractivity (Wildman–Crippen MR) is 465 cm³/mol. The Labute approximate surface area is 659 Å². The minimum absolute atomic E-state index is 0.216. The van der Waals surface area contributed by atoms with Crippen molar-refractivity contribution in [2.45, 2.75) is 19.3 Å². The number of furan rings is 4. The van der Waals surface area contributed by atoms with Crippen molar-refractivity contribution < 1.29 is 17.7 Å². The molecule has 10 heteroatoms. The highest BCUT2D eigenvalue weighted by molar-refractivity contribution is 6.12. The molecule has 0 unspecified atom stereocenters. The zero-order chi connectivity index (χ0) is 76.0. The molecule has 6 heterocycles. The van der Waals surface area contributed by atoms with Crippen LogP contribution in [0.3, 0.4) is 0 Å². The van der Waals surface area contributed by atoms with Crippen molar-refractivity contribution in [2.24, 2.45) is 0 Å². The van der Waals surface area contributed by atoms with Gasteiger partial charge in [0, 0.05) is 81.9 Å². The van der Waals surface area contributed by atoms with E-state index in [0.717, 1.165) is 188 Å². The molecule has 0 N–H and O–H groups in total. The average Bonchev–Trinajstić information content (AvgIpc) is 1.62. The second kappa shape index (κ2) is 25.9. The quantitative estimate of drug-likeness (QED) is 0.117. The van der Waals surface area contributed by atoms with Gasteiger partial charge in [-0.2, -0.15) is 0 Å². The number of rotatable bonds is 12. The summed E-state index contributed by atoms with van der Waals surface area (Å²) in [6.45, 7) is 4.61. The maximum Gasteiger partial charge on any atom is 0.164 e. The van der Waals surface area contributed by atoms with Gasteiger partial charge in [0.05, 0.1) is 0 Å². The van der Waals surface area contributed by atoms with Gasteiger partial charge in [-0.1, -0.05) is 232 Å². The number of aromatic nitrogens is 6. The Morgan fingerprint density at radius 1 is 0.165 bits per heavy atom. The first kappa shape index (κ1) is 65.6. The molecule has 16 aromatic carbocycles. The topological polar surface area (TPSA) is 130 Å². The minimum Gasteiger partial charge on any atom is -0.456 e. The van der Waals surface area contributed by atoms with Crippen molar-refractivity contribution in [3.8, 4) is 146 Å². The summed E-state index contributed by atoms with van der Waals surface area (Å²) in [4.78, 5) is 31.9. The first-order chi connectivity index (χ1) is 56.6. The Balaban J connectivity index is 0.627. The van der Waals surface area contributed by atoms with Crippen LogP contribution in [-0.4, -0.2) is 29.9 Å². The number of para-hydroxylation sites is 2. The molecular formula is C105H64N6O4. The van der Waals surface area contributed by atoms with Crippen molar-refractivity contribution >= 4 is 87.8 Å². The fraction of sp³-hybridized carbons (Fsp3) is 0.0286. The molecule has 0 spiro atoms. The molecule has 0 fully saturated rings. The summed E-state index contributed by atoms with van der Waals surface area (Å²) < 4.78 is 26.3. The molecule has 0 saturated carbocycles. The summed E-state index contributed by atoms with van der Waals surface area (Å²) in [6.07, 6.45) is 0. The van der Waals surface area contributed by atoms with E-state index < -0.39 is 0 Å². The predicted octanol–water partition coefficient (Wildman–Crippen LogP) is 28.0. The van der Waals surface area contributed by atoms with E-state index in [4.69, 9.17) is 47.6 Å². The zero-order valence-electron chi connectivity index (χ0n) is 62.3. The van der Waals surface area contributed by atoms with E-state index in [1.165, 1.54) is 22.3 Å². The Morgan fingerprint density at radius 3 is 0.930 bits per heavy atom. The van der Waals surface area contributed by atoms with Crippen molar-refractivity contribution in [1.29, 1.82) is 0 Å². The number of nitrogens with zero attached hydrogens (tertiary/aromatic N) is 6. The van der Waals surface area contributed by atoms with Gasteiger partial charge in [-0.25, -0.2) is 29.9 Å². The fourth-order valence-electron chi connectivity index (χ4n) is 17.3. The highest BCUT2D eigenvalue weighted by Crippen LogP contribution is 2.51. The third-order valence-corrected chi connectivity index (χ3v) is 23.1. The fourth-order valence-corrected chi connectivity index (χ4v) is 17.3. The summed E-state index contributed by atoms with van der Waals surface area (Å²) in [5.74, 6) is 3.46. The Morgan fingerprint density at radius 2 is 0.452 bits per heavy atom. The lowest BCUT2D eigenvalue weighted by atomic mass is 9.82. The monoisotopic (exact) mass is 1470 g/mol. The van der Waals surface area contributed by atoms with Crippen molar-refractivity contribution in [3.63, 3.8) is 0 Å². The van der Waals surface area contributed by atoms with Crippen LogP contribution in [0.25, 0.3) is 234 Å². The van der Waals surface area contributed by atoms with E-state index in [1.54, 1.807) is 0 Å². The van der Waals surface area contributed by atoms with Crippen LogP contribution in [0.5, 0.6) is 0 Å². The molecule has 115 heavy (non-hydrogen) atoms. The summed E-state index contributed by atoms with van der Waals surface area (Å²) in [6, 6.07) is 123. The Kier molecular flexibility index (Phi) is 14.8. The SMILES string of the molecule is CC1(C)c2ccccc2-c2ccc(-c3nc(-c4ccccc4)nc(-c4cc(-c5ccc6oc7ccccc7c6c5)cc(-c5ccc6oc7cc(-c8ccc9oc%10ccc(-c%11cc(-c%12ccc%13oc%14ccccc%14c%13c%12)cc(-c%12nc(-c%13ccccc%13)nc(-c%13cccc(-c%14ccccc%14)c%13)n%12)c%11)cc%10c9c8)ccc7c6c5)c4)n3)cc21. The van der Waals surface area contributed by atoms with Gasteiger partial charge in [-0.05, 0) is 222 Å². The second-order valence-corrected chi connectivity index (χ2v) is 30.5. The molecule has 10 nitrogen and oxygen atoms in total. The van der Waals surface area contributed by atoms with Crippen LogP contribution < -0.4 is 0 Å². The molecule has 0 atom stereocenters. The van der Waals surface area contributed by atoms with Crippen LogP contribution in [0, 0.1) is 0 Å². The van der Waals surface area contributed by atoms with Crippen LogP contribution >= 0.6 is 0 Å². The van der Waals surface area contributed by atoms with Crippen LogP contribution in [0.1, 0.15) is 25.0 Å². The molecule has 22 aromatic rings. The molecule has 1 aliphatic carbocycles. The lowest BCUT2D eigenvalue weighted by molar-refractivity contribution is 0.660. The number of benzene rings is 16. The van der Waals surface area contributed by atoms with E-state index in [-0.39, 0.29) is 5.41 Å². The van der Waals surface area contributed by atoms with Crippen LogP contribution in [0.15, 0.2) is 370 Å². The van der Waals surface area contributed by atoms with Crippen LogP contribution in [0.4, 0.5) is 0 Å². The van der Waals surface area contributed by atoms with Gasteiger partial charge in [-0.15, -0.1) is 0 Å². The Bertz CT molecular complexity index is 7760. The molecule has 0 saturated heterocycles. The highest BCUT2D eigenvalue weighted by atomic mass is 16.3. The van der Waals surface area contributed by atoms with Gasteiger partial charge in [0.2, 0.25) is 0 Å². The van der Waals surface area contributed by atoms with Gasteiger partial charge in [0.15, 0.2) is 34.9 Å². The Hall–Kier alpha value is -15.3. The maximum atomic E-state index is 6.86. The zero-order valence-corrected chi connectivity index (χ0v) is 62.3. The molecule has 0 bridgehead atoms. The third kappa shape index (κ3) is 11.2. The first-order valence-electron chi connectivity index (χ1n) is 38.7. The molecule has 6 aromatic heterocycles. The molecule has 0 radical (unpaired) electrons. The maximum absolute atomic E-state index is 6.86. The number of hydrogen-bond donors (Lipinski definition) is 0. The van der Waals surface area contributed by atoms with Gasteiger partial charge < -0.3 is 17.7 Å². The van der Waals surface area contributed by atoms with E-state index in [1.807, 2.05) is 78.9 Å². The van der Waals surface area contributed by atoms with Crippen molar-refractivity contribution in [2.75, 3.05) is 0 Å². The molecular weight excluding hydrogens is 1410 g/mol. The summed E-state index contributed by atoms with van der Waals surface area (Å²) in [5.41, 5.74) is 28.9. The second-order valence-electron chi connectivity index (χ2n) is 30.5. The highest BCUT2D eigenvalue weighted by Gasteiger charge is 2.36. The van der Waals surface area contributed by atoms with Crippen LogP contribution in [0.2, 0.25) is 0 Å². The van der Waals surface area contributed by atoms with E-state index in [2.05, 4.69) is 287 Å². The number of hydrogen-bond acceptors (Lipinski definition) is 10. The van der Waals surface area contributed by atoms with Crippen molar-refractivity contribution in [1.82, 2.24) is 29.9 Å².